The molecule has 11 nitrogen and oxygen atoms in total. The molecule has 0 fully saturated rings. The van der Waals surface area contributed by atoms with Gasteiger partial charge in [-0.25, -0.2) is 0 Å². The molecule has 2 amide bonds. The third-order valence-corrected chi connectivity index (χ3v) is 5.31. The number of methoxy groups -OCH3 is 1. The third kappa shape index (κ3) is 5.21. The maximum absolute atomic E-state index is 12.2. The molecule has 0 unspecified atom stereocenters. The highest BCUT2D eigenvalue weighted by atomic mass is 32.2. The first-order chi connectivity index (χ1) is 15.4. The molecule has 2 aromatic carbocycles. The molecule has 12 heteroatoms. The van der Waals surface area contributed by atoms with E-state index in [4.69, 9.17) is 4.74 Å². The number of thioether (sulfide) groups is 1. The van der Waals surface area contributed by atoms with Crippen molar-refractivity contribution in [3.63, 3.8) is 0 Å². The highest BCUT2D eigenvalue weighted by Crippen LogP contribution is 2.30. The molecule has 3 rings (SSSR count). The lowest BCUT2D eigenvalue weighted by atomic mass is 10.2. The number of carbonyl (C=O) groups excluding carboxylic acids is 2. The number of rotatable bonds is 8. The predicted molar refractivity (Wildman–Crippen MR) is 117 cm³/mol. The van der Waals surface area contributed by atoms with E-state index in [2.05, 4.69) is 21.0 Å². The first-order valence-electron chi connectivity index (χ1n) is 9.47. The molecule has 0 aliphatic heterocycles. The number of para-hydroxylation sites is 1. The molecule has 0 aliphatic carbocycles. The average molecular weight is 456 g/mol. The first kappa shape index (κ1) is 22.7. The summed E-state index contributed by atoms with van der Waals surface area (Å²) in [6.45, 7) is 2.51. The van der Waals surface area contributed by atoms with Crippen LogP contribution in [-0.4, -0.2) is 44.4 Å². The van der Waals surface area contributed by atoms with Crippen LogP contribution in [0.3, 0.4) is 0 Å². The number of amides is 2. The van der Waals surface area contributed by atoms with Crippen molar-refractivity contribution in [1.29, 1.82) is 0 Å². The van der Waals surface area contributed by atoms with Crippen molar-refractivity contribution < 1.29 is 19.2 Å². The second kappa shape index (κ2) is 10.4. The fraction of sp³-hybridized carbons (Fsp3) is 0.200. The molecule has 0 aliphatic rings. The summed E-state index contributed by atoms with van der Waals surface area (Å²) < 4.78 is 7.25. The minimum absolute atomic E-state index is 0.0285. The van der Waals surface area contributed by atoms with E-state index in [1.165, 1.54) is 18.2 Å². The van der Waals surface area contributed by atoms with Crippen molar-refractivity contribution in [2.45, 2.75) is 18.6 Å². The summed E-state index contributed by atoms with van der Waals surface area (Å²) >= 11 is 1.16. The Bertz CT molecular complexity index is 1150. The maximum Gasteiger partial charge on any atom is 0.270 e. The Kier molecular flexibility index (Phi) is 7.39. The van der Waals surface area contributed by atoms with E-state index in [1.807, 2.05) is 35.8 Å². The summed E-state index contributed by atoms with van der Waals surface area (Å²) in [7, 11) is 1.58. The predicted octanol–water partition coefficient (Wildman–Crippen LogP) is 2.44. The number of hydrogen-bond acceptors (Lipinski definition) is 8. The Hall–Kier alpha value is -3.93. The van der Waals surface area contributed by atoms with Gasteiger partial charge < -0.3 is 9.30 Å². The fourth-order valence-corrected chi connectivity index (χ4v) is 3.64. The third-order valence-electron chi connectivity index (χ3n) is 4.35. The monoisotopic (exact) mass is 456 g/mol. The lowest BCUT2D eigenvalue weighted by molar-refractivity contribution is -0.384. The van der Waals surface area contributed by atoms with Gasteiger partial charge in [0.25, 0.3) is 11.6 Å². The summed E-state index contributed by atoms with van der Waals surface area (Å²) in [6, 6.07) is 12.6. The van der Waals surface area contributed by atoms with Crippen LogP contribution in [0.15, 0.2) is 53.7 Å². The van der Waals surface area contributed by atoms with Gasteiger partial charge in [-0.1, -0.05) is 30.0 Å². The maximum atomic E-state index is 12.2. The van der Waals surface area contributed by atoms with Gasteiger partial charge in [-0.05, 0) is 25.1 Å². The number of carbonyl (C=O) groups is 2. The SMILES string of the molecule is CCn1c(SCC(=O)NNC(=O)c2cccc([N+](=O)[O-])c2)nnc1-c1ccccc1OC. The van der Waals surface area contributed by atoms with Crippen molar-refractivity contribution >= 4 is 29.3 Å². The Balaban J connectivity index is 1.61. The minimum atomic E-state index is -0.665. The molecule has 0 spiro atoms. The van der Waals surface area contributed by atoms with Crippen LogP contribution < -0.4 is 15.6 Å². The van der Waals surface area contributed by atoms with Gasteiger partial charge in [0.05, 0.1) is 23.3 Å². The van der Waals surface area contributed by atoms with E-state index >= 15 is 0 Å². The zero-order chi connectivity index (χ0) is 23.1. The number of ether oxygens (including phenoxy) is 1. The van der Waals surface area contributed by atoms with Crippen LogP contribution in [-0.2, 0) is 11.3 Å². The summed E-state index contributed by atoms with van der Waals surface area (Å²) in [5.41, 5.74) is 5.15. The van der Waals surface area contributed by atoms with Crippen molar-refractivity contribution in [1.82, 2.24) is 25.6 Å². The lowest BCUT2D eigenvalue weighted by Gasteiger charge is -2.10. The van der Waals surface area contributed by atoms with E-state index in [0.29, 0.717) is 23.3 Å². The number of hydrogen-bond donors (Lipinski definition) is 2. The standard InChI is InChI=1S/C20H20N6O5S/c1-3-25-18(15-9-4-5-10-16(15)31-2)22-24-20(25)32-12-17(27)21-23-19(28)13-7-6-8-14(11-13)26(29)30/h4-11H,3,12H2,1-2H3,(H,21,27)(H,23,28). The van der Waals surface area contributed by atoms with Crippen molar-refractivity contribution in [2.75, 3.05) is 12.9 Å². The van der Waals surface area contributed by atoms with Gasteiger partial charge in [0.15, 0.2) is 11.0 Å². The second-order valence-electron chi connectivity index (χ2n) is 6.35. The lowest BCUT2D eigenvalue weighted by Crippen LogP contribution is -2.42. The molecule has 0 saturated carbocycles. The van der Waals surface area contributed by atoms with E-state index in [1.54, 1.807) is 7.11 Å². The fourth-order valence-electron chi connectivity index (χ4n) is 2.83. The van der Waals surface area contributed by atoms with Crippen molar-refractivity contribution in [3.8, 4) is 17.1 Å². The Morgan fingerprint density at radius 3 is 2.66 bits per heavy atom. The van der Waals surface area contributed by atoms with E-state index in [0.717, 1.165) is 23.4 Å². The molecule has 1 aromatic heterocycles. The van der Waals surface area contributed by atoms with Crippen LogP contribution in [0.25, 0.3) is 11.4 Å². The van der Waals surface area contributed by atoms with Crippen LogP contribution in [0.5, 0.6) is 5.75 Å². The highest BCUT2D eigenvalue weighted by molar-refractivity contribution is 7.99. The van der Waals surface area contributed by atoms with E-state index < -0.39 is 16.7 Å². The quantitative estimate of drug-likeness (QED) is 0.299. The van der Waals surface area contributed by atoms with Crippen LogP contribution >= 0.6 is 11.8 Å². The first-order valence-corrected chi connectivity index (χ1v) is 10.5. The average Bonchev–Trinajstić information content (AvgIpc) is 3.23. The molecule has 3 aromatic rings. The minimum Gasteiger partial charge on any atom is -0.496 e. The normalized spacial score (nSPS) is 10.4. The van der Waals surface area contributed by atoms with Gasteiger partial charge in [0.2, 0.25) is 5.91 Å². The zero-order valence-electron chi connectivity index (χ0n) is 17.3. The van der Waals surface area contributed by atoms with Gasteiger partial charge >= 0.3 is 0 Å². The number of benzene rings is 2. The molecular formula is C20H20N6O5S. The highest BCUT2D eigenvalue weighted by Gasteiger charge is 2.18. The summed E-state index contributed by atoms with van der Waals surface area (Å²) in [5, 5.41) is 19.8. The van der Waals surface area contributed by atoms with Crippen LogP contribution in [0, 0.1) is 10.1 Å². The van der Waals surface area contributed by atoms with E-state index in [-0.39, 0.29) is 17.0 Å². The molecule has 0 atom stereocenters. The number of nitrogens with one attached hydrogen (secondary N) is 2. The Morgan fingerprint density at radius 2 is 1.94 bits per heavy atom. The Morgan fingerprint density at radius 1 is 1.16 bits per heavy atom. The molecule has 1 heterocycles. The molecule has 166 valence electrons. The number of nitro groups is 1. The van der Waals surface area contributed by atoms with Gasteiger partial charge in [0.1, 0.15) is 5.75 Å². The summed E-state index contributed by atoms with van der Waals surface area (Å²) in [6.07, 6.45) is 0. The summed E-state index contributed by atoms with van der Waals surface area (Å²) in [5.74, 6) is 0.110. The van der Waals surface area contributed by atoms with Gasteiger partial charge in [-0.3, -0.25) is 30.6 Å². The topological polar surface area (TPSA) is 141 Å². The van der Waals surface area contributed by atoms with Gasteiger partial charge in [-0.15, -0.1) is 10.2 Å². The Labute approximate surface area is 187 Å². The molecule has 2 N–H and O–H groups in total. The number of nitrogens with zero attached hydrogens (tertiary/aromatic N) is 4. The molecular weight excluding hydrogens is 436 g/mol. The van der Waals surface area contributed by atoms with Crippen LogP contribution in [0.2, 0.25) is 0 Å². The van der Waals surface area contributed by atoms with Gasteiger partial charge in [0, 0.05) is 24.2 Å². The second-order valence-corrected chi connectivity index (χ2v) is 7.29. The number of aromatic nitrogens is 3. The number of nitro benzene ring substituents is 1. The summed E-state index contributed by atoms with van der Waals surface area (Å²) in [4.78, 5) is 34.5. The molecule has 0 saturated heterocycles. The molecule has 0 radical (unpaired) electrons. The van der Waals surface area contributed by atoms with Crippen LogP contribution in [0.4, 0.5) is 5.69 Å². The zero-order valence-corrected chi connectivity index (χ0v) is 18.1. The van der Waals surface area contributed by atoms with Gasteiger partial charge in [-0.2, -0.15) is 0 Å². The largest absolute Gasteiger partial charge is 0.496 e. The smallest absolute Gasteiger partial charge is 0.270 e. The molecule has 32 heavy (non-hydrogen) atoms. The number of non-ortho nitro benzene ring substituents is 1. The van der Waals surface area contributed by atoms with Crippen LogP contribution in [0.1, 0.15) is 17.3 Å². The van der Waals surface area contributed by atoms with Crippen molar-refractivity contribution in [2.24, 2.45) is 0 Å². The number of hydrazine groups is 1. The van der Waals surface area contributed by atoms with Crippen molar-refractivity contribution in [3.05, 3.63) is 64.2 Å². The van der Waals surface area contributed by atoms with E-state index in [9.17, 15) is 19.7 Å². The molecule has 0 bridgehead atoms.